The molecular weight excluding hydrogens is 276 g/mol. The number of aliphatic hydroxyl groups excluding tert-OH is 1. The molecule has 1 saturated heterocycles. The van der Waals surface area contributed by atoms with Crippen LogP contribution in [0.3, 0.4) is 0 Å². The van der Waals surface area contributed by atoms with Crippen molar-refractivity contribution in [3.05, 3.63) is 16.1 Å². The number of thiazole rings is 1. The van der Waals surface area contributed by atoms with Crippen molar-refractivity contribution in [2.45, 2.75) is 38.4 Å². The second-order valence-electron chi connectivity index (χ2n) is 5.13. The van der Waals surface area contributed by atoms with E-state index in [2.05, 4.69) is 10.3 Å². The van der Waals surface area contributed by atoms with Crippen molar-refractivity contribution in [2.75, 3.05) is 32.9 Å². The van der Waals surface area contributed by atoms with Gasteiger partial charge in [-0.25, -0.2) is 4.98 Å². The van der Waals surface area contributed by atoms with E-state index in [9.17, 15) is 5.11 Å². The fourth-order valence-electron chi connectivity index (χ4n) is 2.23. The van der Waals surface area contributed by atoms with Crippen molar-refractivity contribution in [1.82, 2.24) is 10.3 Å². The van der Waals surface area contributed by atoms with Crippen LogP contribution in [0.25, 0.3) is 0 Å². The summed E-state index contributed by atoms with van der Waals surface area (Å²) < 4.78 is 11.0. The van der Waals surface area contributed by atoms with Gasteiger partial charge in [-0.05, 0) is 19.8 Å². The molecule has 0 saturated carbocycles. The van der Waals surface area contributed by atoms with Crippen LogP contribution in [0.5, 0.6) is 0 Å². The highest BCUT2D eigenvalue weighted by Crippen LogP contribution is 2.12. The first-order valence-electron chi connectivity index (χ1n) is 7.23. The van der Waals surface area contributed by atoms with E-state index in [-0.39, 0.29) is 0 Å². The van der Waals surface area contributed by atoms with Gasteiger partial charge in [0.25, 0.3) is 0 Å². The highest BCUT2D eigenvalue weighted by atomic mass is 32.1. The molecule has 0 aliphatic carbocycles. The molecule has 1 aromatic heterocycles. The summed E-state index contributed by atoms with van der Waals surface area (Å²) in [5, 5.41) is 13.0. The summed E-state index contributed by atoms with van der Waals surface area (Å²) in [7, 11) is 0. The van der Waals surface area contributed by atoms with Crippen LogP contribution in [-0.2, 0) is 15.9 Å². The lowest BCUT2D eigenvalue weighted by Gasteiger charge is -2.14. The molecule has 20 heavy (non-hydrogen) atoms. The molecule has 6 heteroatoms. The van der Waals surface area contributed by atoms with Crippen molar-refractivity contribution in [3.63, 3.8) is 0 Å². The summed E-state index contributed by atoms with van der Waals surface area (Å²) in [5.41, 5.74) is 2.94. The quantitative estimate of drug-likeness (QED) is 0.670. The molecular formula is C14H24N2O3S. The van der Waals surface area contributed by atoms with E-state index in [1.54, 1.807) is 11.3 Å². The van der Waals surface area contributed by atoms with Gasteiger partial charge < -0.3 is 19.9 Å². The van der Waals surface area contributed by atoms with Crippen LogP contribution in [0.1, 0.15) is 23.4 Å². The highest BCUT2D eigenvalue weighted by molar-refractivity contribution is 7.09. The molecule has 114 valence electrons. The number of nitrogens with zero attached hydrogens (tertiary/aromatic N) is 1. The maximum absolute atomic E-state index is 9.80. The summed E-state index contributed by atoms with van der Waals surface area (Å²) in [6.07, 6.45) is 2.99. The lowest BCUT2D eigenvalue weighted by Crippen LogP contribution is -2.35. The van der Waals surface area contributed by atoms with Gasteiger partial charge in [0.1, 0.15) is 0 Å². The molecule has 0 spiro atoms. The number of ether oxygens (including phenoxy) is 2. The van der Waals surface area contributed by atoms with E-state index >= 15 is 0 Å². The van der Waals surface area contributed by atoms with Gasteiger partial charge in [-0.2, -0.15) is 0 Å². The lowest BCUT2D eigenvalue weighted by molar-refractivity contribution is 0.0356. The number of aliphatic hydroxyl groups is 1. The Morgan fingerprint density at radius 2 is 2.55 bits per heavy atom. The third-order valence-corrected chi connectivity index (χ3v) is 4.40. The smallest absolute Gasteiger partial charge is 0.0897 e. The molecule has 0 amide bonds. The van der Waals surface area contributed by atoms with Crippen LogP contribution in [0.15, 0.2) is 5.51 Å². The largest absolute Gasteiger partial charge is 0.389 e. The fraction of sp³-hybridized carbons (Fsp3) is 0.786. The Morgan fingerprint density at radius 1 is 1.65 bits per heavy atom. The van der Waals surface area contributed by atoms with Gasteiger partial charge in [0.15, 0.2) is 0 Å². The van der Waals surface area contributed by atoms with E-state index in [4.69, 9.17) is 9.47 Å². The molecule has 2 atom stereocenters. The van der Waals surface area contributed by atoms with Crippen molar-refractivity contribution < 1.29 is 14.6 Å². The number of hydrogen-bond donors (Lipinski definition) is 2. The second-order valence-corrected chi connectivity index (χ2v) is 6.07. The van der Waals surface area contributed by atoms with Gasteiger partial charge in [0, 0.05) is 31.0 Å². The standard InChI is InChI=1S/C14H24N2O3S/c1-11-14(20-10-16-11)4-6-18-9-12(17)7-15-8-13-3-2-5-19-13/h10,12-13,15,17H,2-9H2,1H3. The summed E-state index contributed by atoms with van der Waals surface area (Å²) in [6, 6.07) is 0. The van der Waals surface area contributed by atoms with Crippen LogP contribution < -0.4 is 5.32 Å². The summed E-state index contributed by atoms with van der Waals surface area (Å²) in [5.74, 6) is 0. The van der Waals surface area contributed by atoms with Crippen molar-refractivity contribution >= 4 is 11.3 Å². The zero-order valence-corrected chi connectivity index (χ0v) is 12.8. The molecule has 2 unspecified atom stereocenters. The Morgan fingerprint density at radius 3 is 3.25 bits per heavy atom. The molecule has 1 fully saturated rings. The van der Waals surface area contributed by atoms with Crippen molar-refractivity contribution in [1.29, 1.82) is 0 Å². The van der Waals surface area contributed by atoms with Gasteiger partial charge in [-0.3, -0.25) is 0 Å². The summed E-state index contributed by atoms with van der Waals surface area (Å²) in [4.78, 5) is 5.46. The average molecular weight is 300 g/mol. The van der Waals surface area contributed by atoms with Crippen LogP contribution in [0.2, 0.25) is 0 Å². The summed E-state index contributed by atoms with van der Waals surface area (Å²) in [6.45, 7) is 5.25. The monoisotopic (exact) mass is 300 g/mol. The Balaban J connectivity index is 1.47. The number of rotatable bonds is 9. The molecule has 0 radical (unpaired) electrons. The number of aromatic nitrogens is 1. The van der Waals surface area contributed by atoms with Crippen molar-refractivity contribution in [2.24, 2.45) is 0 Å². The summed E-state index contributed by atoms with van der Waals surface area (Å²) >= 11 is 1.66. The molecule has 2 N–H and O–H groups in total. The Kier molecular flexibility index (Phi) is 6.89. The van der Waals surface area contributed by atoms with Gasteiger partial charge in [-0.1, -0.05) is 0 Å². The fourth-order valence-corrected chi connectivity index (χ4v) is 2.99. The first-order valence-corrected chi connectivity index (χ1v) is 8.10. The van der Waals surface area contributed by atoms with Crippen molar-refractivity contribution in [3.8, 4) is 0 Å². The molecule has 0 bridgehead atoms. The molecule has 0 aromatic carbocycles. The van der Waals surface area contributed by atoms with E-state index in [1.165, 1.54) is 4.88 Å². The Labute approximate surface area is 124 Å². The zero-order valence-electron chi connectivity index (χ0n) is 12.0. The second kappa shape index (κ2) is 8.69. The minimum absolute atomic E-state index is 0.317. The first-order chi connectivity index (χ1) is 9.75. The molecule has 1 aliphatic heterocycles. The van der Waals surface area contributed by atoms with Crippen LogP contribution in [0.4, 0.5) is 0 Å². The van der Waals surface area contributed by atoms with Gasteiger partial charge >= 0.3 is 0 Å². The van der Waals surface area contributed by atoms with Gasteiger partial charge in [-0.15, -0.1) is 11.3 Å². The Hall–Kier alpha value is -0.530. The van der Waals surface area contributed by atoms with Crippen LogP contribution in [0, 0.1) is 6.92 Å². The minimum atomic E-state index is -0.459. The zero-order chi connectivity index (χ0) is 14.2. The number of nitrogens with one attached hydrogen (secondary N) is 1. The van der Waals surface area contributed by atoms with Gasteiger partial charge in [0.2, 0.25) is 0 Å². The highest BCUT2D eigenvalue weighted by Gasteiger charge is 2.15. The Bertz CT molecular complexity index is 380. The van der Waals surface area contributed by atoms with E-state index in [0.29, 0.717) is 25.9 Å². The average Bonchev–Trinajstić information content (AvgIpc) is 3.07. The van der Waals surface area contributed by atoms with E-state index in [0.717, 1.165) is 38.1 Å². The normalized spacial score (nSPS) is 20.4. The molecule has 1 aromatic rings. The molecule has 1 aliphatic rings. The minimum Gasteiger partial charge on any atom is -0.389 e. The van der Waals surface area contributed by atoms with Crippen LogP contribution in [-0.4, -0.2) is 55.2 Å². The topological polar surface area (TPSA) is 63.6 Å². The molecule has 2 heterocycles. The predicted molar refractivity (Wildman–Crippen MR) is 79.2 cm³/mol. The lowest BCUT2D eigenvalue weighted by atomic mass is 10.2. The first kappa shape index (κ1) is 15.9. The van der Waals surface area contributed by atoms with E-state index < -0.39 is 6.10 Å². The maximum atomic E-state index is 9.80. The molecule has 5 nitrogen and oxygen atoms in total. The predicted octanol–water partition coefficient (Wildman–Crippen LogP) is 1.14. The number of aryl methyl sites for hydroxylation is 1. The van der Waals surface area contributed by atoms with Crippen LogP contribution >= 0.6 is 11.3 Å². The third kappa shape index (κ3) is 5.46. The SMILES string of the molecule is Cc1ncsc1CCOCC(O)CNCC1CCCO1. The maximum Gasteiger partial charge on any atom is 0.0897 e. The number of hydrogen-bond acceptors (Lipinski definition) is 6. The molecule has 2 rings (SSSR count). The van der Waals surface area contributed by atoms with E-state index in [1.807, 2.05) is 12.4 Å². The van der Waals surface area contributed by atoms with Gasteiger partial charge in [0.05, 0.1) is 36.6 Å². The third-order valence-electron chi connectivity index (χ3n) is 3.40.